The van der Waals surface area contributed by atoms with Crippen LogP contribution < -0.4 is 10.2 Å². The van der Waals surface area contributed by atoms with Crippen molar-refractivity contribution in [2.24, 2.45) is 5.92 Å². The van der Waals surface area contributed by atoms with Gasteiger partial charge in [0.1, 0.15) is 11.5 Å². The van der Waals surface area contributed by atoms with E-state index in [1.165, 1.54) is 15.9 Å². The first-order valence-electron chi connectivity index (χ1n) is 8.05. The number of esters is 1. The highest BCUT2D eigenvalue weighted by molar-refractivity contribution is 7.15. The van der Waals surface area contributed by atoms with Crippen LogP contribution in [0.15, 0.2) is 15.6 Å². The molecule has 2 aromatic heterocycles. The van der Waals surface area contributed by atoms with Crippen molar-refractivity contribution in [3.8, 4) is 0 Å². The number of nitrogens with one attached hydrogen (secondary N) is 1. The van der Waals surface area contributed by atoms with Gasteiger partial charge in [-0.25, -0.2) is 4.79 Å². The summed E-state index contributed by atoms with van der Waals surface area (Å²) in [7, 11) is 0. The van der Waals surface area contributed by atoms with Crippen molar-refractivity contribution in [2.45, 2.75) is 40.7 Å². The van der Waals surface area contributed by atoms with Crippen molar-refractivity contribution in [1.82, 2.24) is 4.57 Å². The number of hydrogen-bond donors (Lipinski definition) is 1. The standard InChI is InChI=1S/C17H22N2O4S2/c1-5-23-16(21)14-12(6-10(2)3)9-24-15(14)18-13(20)7-19-11(4)8-25-17(19)22/h8-10H,5-7H2,1-4H3,(H,18,20). The van der Waals surface area contributed by atoms with Crippen LogP contribution in [-0.4, -0.2) is 23.1 Å². The Hall–Kier alpha value is -1.93. The van der Waals surface area contributed by atoms with Gasteiger partial charge in [0.2, 0.25) is 5.91 Å². The molecule has 0 spiro atoms. The van der Waals surface area contributed by atoms with E-state index >= 15 is 0 Å². The maximum absolute atomic E-state index is 12.3. The van der Waals surface area contributed by atoms with Crippen LogP contribution in [0.1, 0.15) is 42.4 Å². The Kier molecular flexibility index (Phi) is 6.55. The summed E-state index contributed by atoms with van der Waals surface area (Å²) in [6.45, 7) is 7.85. The second-order valence-corrected chi connectivity index (χ2v) is 7.76. The summed E-state index contributed by atoms with van der Waals surface area (Å²) in [4.78, 5) is 36.2. The van der Waals surface area contributed by atoms with Gasteiger partial charge < -0.3 is 10.1 Å². The minimum Gasteiger partial charge on any atom is -0.462 e. The van der Waals surface area contributed by atoms with Crippen molar-refractivity contribution in [3.05, 3.63) is 37.2 Å². The molecule has 2 heterocycles. The average Bonchev–Trinajstić information content (AvgIpc) is 3.05. The molecule has 0 aliphatic heterocycles. The van der Waals surface area contributed by atoms with Crippen molar-refractivity contribution < 1.29 is 14.3 Å². The molecule has 136 valence electrons. The van der Waals surface area contributed by atoms with Gasteiger partial charge in [0.05, 0.1) is 12.2 Å². The lowest BCUT2D eigenvalue weighted by Crippen LogP contribution is -2.25. The molecule has 0 aliphatic rings. The molecular formula is C17H22N2O4S2. The number of carbonyl (C=O) groups excluding carboxylic acids is 2. The number of ether oxygens (including phenoxy) is 1. The number of thiophene rings is 1. The number of thiazole rings is 1. The highest BCUT2D eigenvalue weighted by Crippen LogP contribution is 2.31. The molecule has 1 N–H and O–H groups in total. The maximum atomic E-state index is 12.3. The molecule has 0 aliphatic carbocycles. The number of hydrogen-bond acceptors (Lipinski definition) is 6. The largest absolute Gasteiger partial charge is 0.462 e. The zero-order valence-electron chi connectivity index (χ0n) is 14.8. The smallest absolute Gasteiger partial charge is 0.341 e. The van der Waals surface area contributed by atoms with E-state index in [9.17, 15) is 14.4 Å². The van der Waals surface area contributed by atoms with E-state index in [0.29, 0.717) is 16.5 Å². The highest BCUT2D eigenvalue weighted by atomic mass is 32.1. The lowest BCUT2D eigenvalue weighted by molar-refractivity contribution is -0.116. The number of amides is 1. The minimum atomic E-state index is -0.432. The molecule has 0 saturated carbocycles. The van der Waals surface area contributed by atoms with Crippen LogP contribution >= 0.6 is 22.7 Å². The number of aryl methyl sites for hydroxylation is 1. The van der Waals surface area contributed by atoms with E-state index in [1.54, 1.807) is 19.2 Å². The molecule has 25 heavy (non-hydrogen) atoms. The van der Waals surface area contributed by atoms with Crippen LogP contribution in [0.5, 0.6) is 0 Å². The first-order valence-corrected chi connectivity index (χ1v) is 9.81. The van der Waals surface area contributed by atoms with Crippen molar-refractivity contribution in [3.63, 3.8) is 0 Å². The van der Waals surface area contributed by atoms with Crippen LogP contribution in [0.4, 0.5) is 5.00 Å². The SMILES string of the molecule is CCOC(=O)c1c(CC(C)C)csc1NC(=O)Cn1c(C)csc1=O. The third-order valence-electron chi connectivity index (χ3n) is 3.51. The van der Waals surface area contributed by atoms with E-state index in [1.807, 2.05) is 5.38 Å². The van der Waals surface area contributed by atoms with Gasteiger partial charge in [-0.3, -0.25) is 14.2 Å². The zero-order chi connectivity index (χ0) is 18.6. The highest BCUT2D eigenvalue weighted by Gasteiger charge is 2.22. The lowest BCUT2D eigenvalue weighted by Gasteiger charge is -2.10. The fourth-order valence-corrected chi connectivity index (χ4v) is 4.12. The Morgan fingerprint density at radius 2 is 2.00 bits per heavy atom. The summed E-state index contributed by atoms with van der Waals surface area (Å²) < 4.78 is 6.55. The third-order valence-corrected chi connectivity index (χ3v) is 5.33. The Morgan fingerprint density at radius 1 is 1.28 bits per heavy atom. The van der Waals surface area contributed by atoms with Crippen molar-refractivity contribution in [2.75, 3.05) is 11.9 Å². The Balaban J connectivity index is 2.23. The number of aromatic nitrogens is 1. The number of rotatable bonds is 7. The topological polar surface area (TPSA) is 77.4 Å². The van der Waals surface area contributed by atoms with Gasteiger partial charge >= 0.3 is 10.8 Å². The fraction of sp³-hybridized carbons (Fsp3) is 0.471. The normalized spacial score (nSPS) is 10.9. The Bertz CT molecular complexity index is 817. The molecule has 8 heteroatoms. The molecule has 0 atom stereocenters. The monoisotopic (exact) mass is 382 g/mol. The molecule has 0 aromatic carbocycles. The second kappa shape index (κ2) is 8.44. The summed E-state index contributed by atoms with van der Waals surface area (Å²) in [6, 6.07) is 0. The van der Waals surface area contributed by atoms with Gasteiger partial charge in [0, 0.05) is 11.1 Å². The summed E-state index contributed by atoms with van der Waals surface area (Å²) in [5.41, 5.74) is 2.03. The van der Waals surface area contributed by atoms with Gasteiger partial charge in [-0.2, -0.15) is 0 Å². The van der Waals surface area contributed by atoms with E-state index in [0.717, 1.165) is 29.0 Å². The predicted molar refractivity (Wildman–Crippen MR) is 101 cm³/mol. The first kappa shape index (κ1) is 19.4. The van der Waals surface area contributed by atoms with Crippen LogP contribution in [-0.2, 0) is 22.5 Å². The molecule has 6 nitrogen and oxygen atoms in total. The molecule has 2 aromatic rings. The zero-order valence-corrected chi connectivity index (χ0v) is 16.4. The molecule has 0 saturated heterocycles. The summed E-state index contributed by atoms with van der Waals surface area (Å²) in [6.07, 6.45) is 0.726. The number of anilines is 1. The van der Waals surface area contributed by atoms with Gasteiger partial charge in [-0.1, -0.05) is 25.2 Å². The predicted octanol–water partition coefficient (Wildman–Crippen LogP) is 3.29. The van der Waals surface area contributed by atoms with E-state index in [4.69, 9.17) is 4.74 Å². The number of carbonyl (C=O) groups is 2. The average molecular weight is 383 g/mol. The second-order valence-electron chi connectivity index (χ2n) is 6.06. The molecule has 0 fully saturated rings. The fourth-order valence-electron chi connectivity index (χ4n) is 2.41. The van der Waals surface area contributed by atoms with Gasteiger partial charge in [-0.15, -0.1) is 11.3 Å². The summed E-state index contributed by atoms with van der Waals surface area (Å²) >= 11 is 2.36. The maximum Gasteiger partial charge on any atom is 0.341 e. The van der Waals surface area contributed by atoms with Crippen molar-refractivity contribution >= 4 is 39.6 Å². The van der Waals surface area contributed by atoms with Crippen molar-refractivity contribution in [1.29, 1.82) is 0 Å². The third kappa shape index (κ3) is 4.79. The molecular weight excluding hydrogens is 360 g/mol. The molecule has 0 bridgehead atoms. The van der Waals surface area contributed by atoms with Crippen LogP contribution in [0.2, 0.25) is 0 Å². The lowest BCUT2D eigenvalue weighted by atomic mass is 10.0. The first-order chi connectivity index (χ1) is 11.8. The van der Waals surface area contributed by atoms with E-state index in [-0.39, 0.29) is 23.9 Å². The molecule has 1 amide bonds. The van der Waals surface area contributed by atoms with Crippen LogP contribution in [0.3, 0.4) is 0 Å². The van der Waals surface area contributed by atoms with Crippen LogP contribution in [0, 0.1) is 12.8 Å². The quantitative estimate of drug-likeness (QED) is 0.746. The summed E-state index contributed by atoms with van der Waals surface area (Å²) in [5, 5.41) is 6.82. The number of nitrogens with zero attached hydrogens (tertiary/aromatic N) is 1. The Morgan fingerprint density at radius 3 is 2.56 bits per heavy atom. The van der Waals surface area contributed by atoms with E-state index in [2.05, 4.69) is 19.2 Å². The Labute approximate surface area is 154 Å². The minimum absolute atomic E-state index is 0.0755. The molecule has 0 unspecified atom stereocenters. The van der Waals surface area contributed by atoms with Gasteiger partial charge in [0.25, 0.3) is 0 Å². The van der Waals surface area contributed by atoms with Gasteiger partial charge in [-0.05, 0) is 37.1 Å². The summed E-state index contributed by atoms with van der Waals surface area (Å²) in [5.74, 6) is -0.399. The van der Waals surface area contributed by atoms with Gasteiger partial charge in [0.15, 0.2) is 0 Å². The van der Waals surface area contributed by atoms with Crippen LogP contribution in [0.25, 0.3) is 0 Å². The molecule has 0 radical (unpaired) electrons. The van der Waals surface area contributed by atoms with E-state index < -0.39 is 5.97 Å². The molecule has 2 rings (SSSR count).